The Morgan fingerprint density at radius 1 is 1.42 bits per heavy atom. The molecular weight excluding hydrogens is 223 g/mol. The number of hydrogen-bond donors (Lipinski definition) is 1. The molecular formula is C9H8BrFO. The summed E-state index contributed by atoms with van der Waals surface area (Å²) < 4.78 is 13.9. The van der Waals surface area contributed by atoms with Gasteiger partial charge in [-0.25, -0.2) is 4.39 Å². The summed E-state index contributed by atoms with van der Waals surface area (Å²) in [6.07, 6.45) is 1.32. The van der Waals surface area contributed by atoms with Gasteiger partial charge in [0.15, 0.2) is 0 Å². The van der Waals surface area contributed by atoms with Gasteiger partial charge in [0.1, 0.15) is 5.82 Å². The molecule has 0 saturated heterocycles. The van der Waals surface area contributed by atoms with Gasteiger partial charge in [-0.2, -0.15) is 0 Å². The van der Waals surface area contributed by atoms with E-state index < -0.39 is 5.60 Å². The predicted octanol–water partition coefficient (Wildman–Crippen LogP) is 2.57. The molecule has 0 aromatic heterocycles. The standard InChI is InChI=1S/C9H8BrFO/c10-6-2-1-3-7(11)8(6)9(12)4-5-9/h1-3,12H,4-5H2. The molecule has 0 aliphatic heterocycles. The molecule has 1 aromatic rings. The van der Waals surface area contributed by atoms with Crippen LogP contribution >= 0.6 is 15.9 Å². The van der Waals surface area contributed by atoms with Crippen LogP contribution < -0.4 is 0 Å². The molecule has 1 nitrogen and oxygen atoms in total. The summed E-state index contributed by atoms with van der Waals surface area (Å²) in [6, 6.07) is 4.74. The number of aliphatic hydroxyl groups is 1. The molecule has 0 atom stereocenters. The molecule has 1 saturated carbocycles. The van der Waals surface area contributed by atoms with E-state index in [1.165, 1.54) is 6.07 Å². The van der Waals surface area contributed by atoms with Crippen molar-refractivity contribution in [3.8, 4) is 0 Å². The van der Waals surface area contributed by atoms with Gasteiger partial charge in [0, 0.05) is 10.0 Å². The Balaban J connectivity index is 2.55. The second kappa shape index (κ2) is 2.54. The van der Waals surface area contributed by atoms with Crippen LogP contribution in [0.2, 0.25) is 0 Å². The zero-order valence-corrected chi connectivity index (χ0v) is 7.94. The van der Waals surface area contributed by atoms with E-state index in [9.17, 15) is 9.50 Å². The maximum Gasteiger partial charge on any atom is 0.130 e. The van der Waals surface area contributed by atoms with Crippen molar-refractivity contribution in [2.24, 2.45) is 0 Å². The molecule has 2 rings (SSSR count). The molecule has 3 heteroatoms. The van der Waals surface area contributed by atoms with E-state index in [4.69, 9.17) is 0 Å². The summed E-state index contributed by atoms with van der Waals surface area (Å²) >= 11 is 3.22. The second-order valence-corrected chi connectivity index (χ2v) is 3.98. The Labute approximate surface area is 78.3 Å². The maximum absolute atomic E-state index is 13.2. The third kappa shape index (κ3) is 1.17. The average Bonchev–Trinajstić information content (AvgIpc) is 2.68. The number of rotatable bonds is 1. The largest absolute Gasteiger partial charge is 0.385 e. The van der Waals surface area contributed by atoms with Crippen molar-refractivity contribution >= 4 is 15.9 Å². The van der Waals surface area contributed by atoms with Gasteiger partial charge in [-0.15, -0.1) is 0 Å². The van der Waals surface area contributed by atoms with Crippen molar-refractivity contribution in [2.75, 3.05) is 0 Å². The average molecular weight is 231 g/mol. The topological polar surface area (TPSA) is 20.2 Å². The van der Waals surface area contributed by atoms with Crippen LogP contribution in [0.5, 0.6) is 0 Å². The molecule has 1 aliphatic rings. The van der Waals surface area contributed by atoms with E-state index >= 15 is 0 Å². The van der Waals surface area contributed by atoms with Crippen LogP contribution in [-0.2, 0) is 5.60 Å². The van der Waals surface area contributed by atoms with E-state index in [0.717, 1.165) is 0 Å². The highest BCUT2D eigenvalue weighted by Crippen LogP contribution is 2.48. The van der Waals surface area contributed by atoms with Crippen molar-refractivity contribution in [2.45, 2.75) is 18.4 Å². The molecule has 1 fully saturated rings. The Hall–Kier alpha value is -0.410. The summed E-state index contributed by atoms with van der Waals surface area (Å²) in [6.45, 7) is 0. The summed E-state index contributed by atoms with van der Waals surface area (Å²) in [4.78, 5) is 0. The van der Waals surface area contributed by atoms with E-state index in [-0.39, 0.29) is 5.82 Å². The highest BCUT2D eigenvalue weighted by molar-refractivity contribution is 9.10. The lowest BCUT2D eigenvalue weighted by molar-refractivity contribution is 0.146. The number of hydrogen-bond acceptors (Lipinski definition) is 1. The number of halogens is 2. The maximum atomic E-state index is 13.2. The first-order chi connectivity index (χ1) is 5.63. The van der Waals surface area contributed by atoms with Crippen LogP contribution in [0.25, 0.3) is 0 Å². The molecule has 0 unspecified atom stereocenters. The molecule has 1 aliphatic carbocycles. The van der Waals surface area contributed by atoms with Crippen LogP contribution in [0.1, 0.15) is 18.4 Å². The fraction of sp³-hybridized carbons (Fsp3) is 0.333. The third-order valence-corrected chi connectivity index (χ3v) is 2.81. The van der Waals surface area contributed by atoms with Crippen LogP contribution in [0.3, 0.4) is 0 Å². The van der Waals surface area contributed by atoms with Gasteiger partial charge in [0.05, 0.1) is 5.60 Å². The van der Waals surface area contributed by atoms with Crippen LogP contribution in [0, 0.1) is 5.82 Å². The minimum absolute atomic E-state index is 0.329. The van der Waals surface area contributed by atoms with Gasteiger partial charge in [-0.1, -0.05) is 22.0 Å². The first-order valence-electron chi connectivity index (χ1n) is 3.80. The quantitative estimate of drug-likeness (QED) is 0.787. The molecule has 0 radical (unpaired) electrons. The minimum Gasteiger partial charge on any atom is -0.385 e. The summed E-state index contributed by atoms with van der Waals surface area (Å²) in [5.74, 6) is -0.329. The Bertz CT molecular complexity index is 300. The first-order valence-corrected chi connectivity index (χ1v) is 4.60. The first kappa shape index (κ1) is 8.20. The summed E-state index contributed by atoms with van der Waals surface area (Å²) in [7, 11) is 0. The minimum atomic E-state index is -0.899. The Morgan fingerprint density at radius 2 is 2.08 bits per heavy atom. The monoisotopic (exact) mass is 230 g/mol. The van der Waals surface area contributed by atoms with E-state index in [0.29, 0.717) is 22.9 Å². The molecule has 64 valence electrons. The lowest BCUT2D eigenvalue weighted by Gasteiger charge is -2.10. The van der Waals surface area contributed by atoms with Crippen molar-refractivity contribution < 1.29 is 9.50 Å². The van der Waals surface area contributed by atoms with Gasteiger partial charge in [-0.3, -0.25) is 0 Å². The normalized spacial score (nSPS) is 19.2. The lowest BCUT2D eigenvalue weighted by Crippen LogP contribution is -2.08. The summed E-state index contributed by atoms with van der Waals surface area (Å²) in [5, 5.41) is 9.69. The Kier molecular flexibility index (Phi) is 1.73. The number of benzene rings is 1. The molecule has 1 aromatic carbocycles. The van der Waals surface area contributed by atoms with E-state index in [1.54, 1.807) is 12.1 Å². The van der Waals surface area contributed by atoms with Gasteiger partial charge in [-0.05, 0) is 25.0 Å². The zero-order chi connectivity index (χ0) is 8.77. The molecule has 0 bridgehead atoms. The molecule has 0 heterocycles. The van der Waals surface area contributed by atoms with Gasteiger partial charge >= 0.3 is 0 Å². The Morgan fingerprint density at radius 3 is 2.58 bits per heavy atom. The summed E-state index contributed by atoms with van der Waals surface area (Å²) in [5.41, 5.74) is -0.491. The van der Waals surface area contributed by atoms with Crippen LogP contribution in [0.4, 0.5) is 4.39 Å². The van der Waals surface area contributed by atoms with E-state index in [2.05, 4.69) is 15.9 Å². The van der Waals surface area contributed by atoms with Crippen LogP contribution in [0.15, 0.2) is 22.7 Å². The van der Waals surface area contributed by atoms with Gasteiger partial charge in [0.2, 0.25) is 0 Å². The van der Waals surface area contributed by atoms with Crippen molar-refractivity contribution in [3.05, 3.63) is 34.1 Å². The molecule has 12 heavy (non-hydrogen) atoms. The zero-order valence-electron chi connectivity index (χ0n) is 6.35. The third-order valence-electron chi connectivity index (χ3n) is 2.15. The molecule has 1 N–H and O–H groups in total. The molecule has 0 amide bonds. The molecule has 0 spiro atoms. The van der Waals surface area contributed by atoms with Gasteiger partial charge < -0.3 is 5.11 Å². The highest BCUT2D eigenvalue weighted by atomic mass is 79.9. The lowest BCUT2D eigenvalue weighted by atomic mass is 10.1. The van der Waals surface area contributed by atoms with Crippen molar-refractivity contribution in [1.29, 1.82) is 0 Å². The van der Waals surface area contributed by atoms with Crippen LogP contribution in [-0.4, -0.2) is 5.11 Å². The highest BCUT2D eigenvalue weighted by Gasteiger charge is 2.45. The predicted molar refractivity (Wildman–Crippen MR) is 47.2 cm³/mol. The van der Waals surface area contributed by atoms with Gasteiger partial charge in [0.25, 0.3) is 0 Å². The van der Waals surface area contributed by atoms with Crippen molar-refractivity contribution in [1.82, 2.24) is 0 Å². The second-order valence-electron chi connectivity index (χ2n) is 3.13. The smallest absolute Gasteiger partial charge is 0.130 e. The fourth-order valence-corrected chi connectivity index (χ4v) is 2.02. The fourth-order valence-electron chi connectivity index (χ4n) is 1.31. The van der Waals surface area contributed by atoms with Crippen molar-refractivity contribution in [3.63, 3.8) is 0 Å². The SMILES string of the molecule is OC1(c2c(F)cccc2Br)CC1. The van der Waals surface area contributed by atoms with E-state index in [1.807, 2.05) is 0 Å².